The molecular weight excluding hydrogens is 250 g/mol. The van der Waals surface area contributed by atoms with Gasteiger partial charge in [-0.15, -0.1) is 12.4 Å². The lowest BCUT2D eigenvalue weighted by molar-refractivity contribution is 0.00345. The van der Waals surface area contributed by atoms with Crippen molar-refractivity contribution in [3.8, 4) is 0 Å². The maximum absolute atomic E-state index is 5.88. The first kappa shape index (κ1) is 13.3. The number of aromatic nitrogens is 2. The Kier molecular flexibility index (Phi) is 3.90. The molecular formula is C13H18ClN3O. The summed E-state index contributed by atoms with van der Waals surface area (Å²) in [4.78, 5) is 2.15. The quantitative estimate of drug-likeness (QED) is 0.835. The molecule has 1 aliphatic heterocycles. The molecule has 0 aliphatic carbocycles. The van der Waals surface area contributed by atoms with Gasteiger partial charge in [-0.05, 0) is 20.2 Å². The SMILES string of the molecule is CN(C)C[C@@H]1OCCn2nc3ccccc3c21.Cl. The Hall–Kier alpha value is -1.10. The zero-order valence-corrected chi connectivity index (χ0v) is 11.5. The number of ether oxygens (including phenoxy) is 1. The highest BCUT2D eigenvalue weighted by atomic mass is 35.5. The minimum atomic E-state index is 0. The molecule has 1 aromatic carbocycles. The van der Waals surface area contributed by atoms with Crippen molar-refractivity contribution in [2.75, 3.05) is 27.2 Å². The van der Waals surface area contributed by atoms with Crippen molar-refractivity contribution in [1.29, 1.82) is 0 Å². The van der Waals surface area contributed by atoms with Crippen LogP contribution < -0.4 is 0 Å². The van der Waals surface area contributed by atoms with Gasteiger partial charge in [0.2, 0.25) is 0 Å². The lowest BCUT2D eigenvalue weighted by Crippen LogP contribution is -2.29. The van der Waals surface area contributed by atoms with Gasteiger partial charge in [0, 0.05) is 11.9 Å². The van der Waals surface area contributed by atoms with Gasteiger partial charge < -0.3 is 9.64 Å². The molecule has 0 bridgehead atoms. The number of fused-ring (bicyclic) bond motifs is 3. The summed E-state index contributed by atoms with van der Waals surface area (Å²) in [6, 6.07) is 8.29. The first-order chi connectivity index (χ1) is 8.25. The van der Waals surface area contributed by atoms with Crippen molar-refractivity contribution < 1.29 is 4.74 Å². The number of likely N-dealkylation sites (N-methyl/N-ethyl adjacent to an activating group) is 1. The van der Waals surface area contributed by atoms with Gasteiger partial charge in [0.1, 0.15) is 6.10 Å². The fraction of sp³-hybridized carbons (Fsp3) is 0.462. The van der Waals surface area contributed by atoms with Crippen LogP contribution in [0.1, 0.15) is 11.8 Å². The fourth-order valence-electron chi connectivity index (χ4n) is 2.44. The smallest absolute Gasteiger partial charge is 0.112 e. The number of hydrogen-bond donors (Lipinski definition) is 0. The molecule has 0 fully saturated rings. The van der Waals surface area contributed by atoms with E-state index in [1.807, 2.05) is 6.07 Å². The molecule has 0 amide bonds. The largest absolute Gasteiger partial charge is 0.369 e. The van der Waals surface area contributed by atoms with E-state index in [1.165, 1.54) is 11.1 Å². The zero-order chi connectivity index (χ0) is 11.8. The Balaban J connectivity index is 0.00000120. The molecule has 0 unspecified atom stereocenters. The van der Waals surface area contributed by atoms with E-state index in [0.29, 0.717) is 0 Å². The third-order valence-electron chi connectivity index (χ3n) is 3.14. The molecule has 1 atom stereocenters. The van der Waals surface area contributed by atoms with Crippen molar-refractivity contribution in [3.63, 3.8) is 0 Å². The predicted octanol–water partition coefficient (Wildman–Crippen LogP) is 2.09. The summed E-state index contributed by atoms with van der Waals surface area (Å²) >= 11 is 0. The molecule has 0 saturated carbocycles. The van der Waals surface area contributed by atoms with Crippen LogP contribution in [-0.2, 0) is 11.3 Å². The molecule has 5 heteroatoms. The highest BCUT2D eigenvalue weighted by Crippen LogP contribution is 2.29. The molecule has 0 radical (unpaired) electrons. The van der Waals surface area contributed by atoms with Gasteiger partial charge in [0.25, 0.3) is 0 Å². The van der Waals surface area contributed by atoms with Crippen LogP contribution in [0.5, 0.6) is 0 Å². The number of halogens is 1. The number of hydrogen-bond acceptors (Lipinski definition) is 3. The molecule has 2 aromatic rings. The molecule has 0 spiro atoms. The average Bonchev–Trinajstić information content (AvgIpc) is 2.67. The van der Waals surface area contributed by atoms with Gasteiger partial charge in [0.05, 0.1) is 24.4 Å². The standard InChI is InChI=1S/C13H17N3O.ClH/c1-15(2)9-12-13-10-5-3-4-6-11(10)14-16(13)7-8-17-12;/h3-6,12H,7-9H2,1-2H3;1H/t12-;/m0./s1. The van der Waals surface area contributed by atoms with E-state index in [1.54, 1.807) is 0 Å². The van der Waals surface area contributed by atoms with Crippen LogP contribution in [0.2, 0.25) is 0 Å². The molecule has 3 rings (SSSR count). The Morgan fingerprint density at radius 1 is 1.39 bits per heavy atom. The fourth-order valence-corrected chi connectivity index (χ4v) is 2.44. The first-order valence-electron chi connectivity index (χ1n) is 5.97. The molecule has 18 heavy (non-hydrogen) atoms. The summed E-state index contributed by atoms with van der Waals surface area (Å²) in [5, 5.41) is 5.85. The van der Waals surface area contributed by atoms with Crippen molar-refractivity contribution in [2.45, 2.75) is 12.6 Å². The van der Waals surface area contributed by atoms with E-state index < -0.39 is 0 Å². The minimum Gasteiger partial charge on any atom is -0.369 e. The Morgan fingerprint density at radius 3 is 2.94 bits per heavy atom. The van der Waals surface area contributed by atoms with Crippen LogP contribution in [-0.4, -0.2) is 41.9 Å². The first-order valence-corrected chi connectivity index (χ1v) is 5.97. The van der Waals surface area contributed by atoms with Crippen LogP contribution in [0.3, 0.4) is 0 Å². The summed E-state index contributed by atoms with van der Waals surface area (Å²) in [7, 11) is 4.14. The normalized spacial score (nSPS) is 18.7. The Morgan fingerprint density at radius 2 is 2.17 bits per heavy atom. The molecule has 0 saturated heterocycles. The van der Waals surface area contributed by atoms with Crippen molar-refractivity contribution >= 4 is 23.3 Å². The van der Waals surface area contributed by atoms with E-state index in [2.05, 4.69) is 47.0 Å². The molecule has 98 valence electrons. The predicted molar refractivity (Wildman–Crippen MR) is 74.2 cm³/mol. The van der Waals surface area contributed by atoms with Gasteiger partial charge in [0.15, 0.2) is 0 Å². The van der Waals surface area contributed by atoms with Gasteiger partial charge in [-0.1, -0.05) is 18.2 Å². The van der Waals surface area contributed by atoms with E-state index in [9.17, 15) is 0 Å². The third kappa shape index (κ3) is 2.23. The minimum absolute atomic E-state index is 0. The molecule has 1 aromatic heterocycles. The van der Waals surface area contributed by atoms with Crippen LogP contribution in [0.15, 0.2) is 24.3 Å². The lowest BCUT2D eigenvalue weighted by atomic mass is 10.1. The van der Waals surface area contributed by atoms with Crippen LogP contribution in [0, 0.1) is 0 Å². The molecule has 2 heterocycles. The van der Waals surface area contributed by atoms with E-state index in [4.69, 9.17) is 4.74 Å². The maximum Gasteiger partial charge on any atom is 0.112 e. The monoisotopic (exact) mass is 267 g/mol. The highest BCUT2D eigenvalue weighted by molar-refractivity contribution is 5.85. The van der Waals surface area contributed by atoms with Gasteiger partial charge in [-0.3, -0.25) is 4.68 Å². The summed E-state index contributed by atoms with van der Waals surface area (Å²) in [6.07, 6.45) is 0.131. The topological polar surface area (TPSA) is 30.3 Å². The number of rotatable bonds is 2. The third-order valence-corrected chi connectivity index (χ3v) is 3.14. The van der Waals surface area contributed by atoms with E-state index in [0.717, 1.165) is 25.2 Å². The lowest BCUT2D eigenvalue weighted by Gasteiger charge is -2.27. The van der Waals surface area contributed by atoms with Crippen molar-refractivity contribution in [3.05, 3.63) is 30.0 Å². The highest BCUT2D eigenvalue weighted by Gasteiger charge is 2.25. The zero-order valence-electron chi connectivity index (χ0n) is 10.7. The molecule has 0 N–H and O–H groups in total. The summed E-state index contributed by atoms with van der Waals surface area (Å²) in [5.41, 5.74) is 2.29. The van der Waals surface area contributed by atoms with E-state index >= 15 is 0 Å². The summed E-state index contributed by atoms with van der Waals surface area (Å²) < 4.78 is 7.98. The second-order valence-electron chi connectivity index (χ2n) is 4.75. The van der Waals surface area contributed by atoms with Gasteiger partial charge in [-0.25, -0.2) is 0 Å². The van der Waals surface area contributed by atoms with Crippen LogP contribution >= 0.6 is 12.4 Å². The molecule has 4 nitrogen and oxygen atoms in total. The summed E-state index contributed by atoms with van der Waals surface area (Å²) in [5.74, 6) is 0. The second kappa shape index (κ2) is 5.26. The maximum atomic E-state index is 5.88. The van der Waals surface area contributed by atoms with Crippen molar-refractivity contribution in [2.24, 2.45) is 0 Å². The Labute approximate surface area is 113 Å². The van der Waals surface area contributed by atoms with Gasteiger partial charge in [-0.2, -0.15) is 5.10 Å². The molecule has 1 aliphatic rings. The number of nitrogens with zero attached hydrogens (tertiary/aromatic N) is 3. The van der Waals surface area contributed by atoms with Crippen molar-refractivity contribution in [1.82, 2.24) is 14.7 Å². The summed E-state index contributed by atoms with van der Waals surface area (Å²) in [6.45, 7) is 2.50. The van der Waals surface area contributed by atoms with Gasteiger partial charge >= 0.3 is 0 Å². The van der Waals surface area contributed by atoms with Crippen LogP contribution in [0.25, 0.3) is 10.9 Å². The van der Waals surface area contributed by atoms with E-state index in [-0.39, 0.29) is 18.5 Å². The second-order valence-corrected chi connectivity index (χ2v) is 4.75. The van der Waals surface area contributed by atoms with Crippen LogP contribution in [0.4, 0.5) is 0 Å². The average molecular weight is 268 g/mol. The Bertz CT molecular complexity index is 538. The number of benzene rings is 1.